The van der Waals surface area contributed by atoms with E-state index in [4.69, 9.17) is 4.42 Å². The van der Waals surface area contributed by atoms with Crippen molar-refractivity contribution in [1.29, 1.82) is 0 Å². The first kappa shape index (κ1) is 16.3. The quantitative estimate of drug-likeness (QED) is 0.746. The maximum Gasteiger partial charge on any atom is 0.221 e. The van der Waals surface area contributed by atoms with Gasteiger partial charge in [-0.3, -0.25) is 4.79 Å². The lowest BCUT2D eigenvalue weighted by Gasteiger charge is -2.07. The fraction of sp³-hybridized carbons (Fsp3) is 0.167. The zero-order valence-electron chi connectivity index (χ0n) is 12.9. The van der Waals surface area contributed by atoms with Crippen molar-refractivity contribution in [2.45, 2.75) is 17.9 Å². The van der Waals surface area contributed by atoms with Gasteiger partial charge in [0.2, 0.25) is 5.91 Å². The summed E-state index contributed by atoms with van der Waals surface area (Å²) in [6, 6.07) is 16.0. The summed E-state index contributed by atoms with van der Waals surface area (Å²) in [4.78, 5) is 12.0. The molecule has 0 saturated carbocycles. The van der Waals surface area contributed by atoms with Gasteiger partial charge < -0.3 is 9.73 Å². The normalized spacial score (nSPS) is 11.5. The van der Waals surface area contributed by atoms with Gasteiger partial charge in [0.05, 0.1) is 23.5 Å². The van der Waals surface area contributed by atoms with E-state index in [0.29, 0.717) is 5.76 Å². The molecule has 2 aromatic carbocycles. The summed E-state index contributed by atoms with van der Waals surface area (Å²) in [7, 11) is -3.50. The van der Waals surface area contributed by atoms with Gasteiger partial charge in [0, 0.05) is 6.42 Å². The average molecular weight is 343 g/mol. The van der Waals surface area contributed by atoms with Gasteiger partial charge in [0.1, 0.15) is 5.76 Å². The van der Waals surface area contributed by atoms with Crippen LogP contribution < -0.4 is 5.32 Å². The minimum Gasteiger partial charge on any atom is -0.467 e. The molecule has 0 aliphatic carbocycles. The van der Waals surface area contributed by atoms with E-state index in [0.717, 1.165) is 10.8 Å². The maximum absolute atomic E-state index is 12.4. The predicted molar refractivity (Wildman–Crippen MR) is 91.2 cm³/mol. The van der Waals surface area contributed by atoms with Crippen molar-refractivity contribution in [2.75, 3.05) is 5.75 Å². The van der Waals surface area contributed by atoms with Crippen molar-refractivity contribution in [2.24, 2.45) is 0 Å². The number of amides is 1. The van der Waals surface area contributed by atoms with Gasteiger partial charge in [0.25, 0.3) is 0 Å². The van der Waals surface area contributed by atoms with Crippen LogP contribution in [0.2, 0.25) is 0 Å². The molecule has 1 amide bonds. The van der Waals surface area contributed by atoms with Crippen molar-refractivity contribution in [3.63, 3.8) is 0 Å². The molecule has 0 saturated heterocycles. The second-order valence-corrected chi connectivity index (χ2v) is 7.54. The molecule has 1 N–H and O–H groups in total. The van der Waals surface area contributed by atoms with E-state index in [-0.39, 0.29) is 29.5 Å². The van der Waals surface area contributed by atoms with Crippen molar-refractivity contribution < 1.29 is 17.6 Å². The van der Waals surface area contributed by atoms with E-state index in [9.17, 15) is 13.2 Å². The summed E-state index contributed by atoms with van der Waals surface area (Å²) in [5.74, 6) is 0.0755. The largest absolute Gasteiger partial charge is 0.467 e. The molecule has 0 spiro atoms. The Bertz CT molecular complexity index is 946. The molecule has 1 heterocycles. The zero-order valence-corrected chi connectivity index (χ0v) is 13.8. The predicted octanol–water partition coefficient (Wildman–Crippen LogP) is 2.91. The Morgan fingerprint density at radius 1 is 1.00 bits per heavy atom. The van der Waals surface area contributed by atoms with Crippen LogP contribution in [0.3, 0.4) is 0 Å². The highest BCUT2D eigenvalue weighted by Gasteiger charge is 2.17. The molecule has 124 valence electrons. The Kier molecular flexibility index (Phi) is 4.66. The van der Waals surface area contributed by atoms with E-state index >= 15 is 0 Å². The first-order chi connectivity index (χ1) is 11.5. The zero-order chi connectivity index (χ0) is 17.0. The number of carbonyl (C=O) groups excluding carboxylic acids is 1. The van der Waals surface area contributed by atoms with Crippen molar-refractivity contribution in [3.05, 3.63) is 66.6 Å². The average Bonchev–Trinajstić information content (AvgIpc) is 3.11. The van der Waals surface area contributed by atoms with E-state index in [1.165, 1.54) is 6.26 Å². The van der Waals surface area contributed by atoms with Gasteiger partial charge in [-0.1, -0.05) is 30.3 Å². The van der Waals surface area contributed by atoms with Crippen LogP contribution >= 0.6 is 0 Å². The Balaban J connectivity index is 1.63. The number of hydrogen-bond donors (Lipinski definition) is 1. The third-order valence-electron chi connectivity index (χ3n) is 3.72. The van der Waals surface area contributed by atoms with Crippen molar-refractivity contribution in [3.8, 4) is 0 Å². The number of rotatable bonds is 6. The van der Waals surface area contributed by atoms with Gasteiger partial charge in [-0.25, -0.2) is 8.42 Å². The van der Waals surface area contributed by atoms with Crippen LogP contribution in [-0.4, -0.2) is 20.1 Å². The second-order valence-electron chi connectivity index (χ2n) is 5.43. The van der Waals surface area contributed by atoms with Crippen LogP contribution in [0.15, 0.2) is 70.2 Å². The monoisotopic (exact) mass is 343 g/mol. The number of furan rings is 1. The summed E-state index contributed by atoms with van der Waals surface area (Å²) in [6.45, 7) is 0.252. The van der Waals surface area contributed by atoms with Gasteiger partial charge in [-0.2, -0.15) is 0 Å². The molecule has 1 aromatic heterocycles. The van der Waals surface area contributed by atoms with Crippen LogP contribution in [0.5, 0.6) is 0 Å². The lowest BCUT2D eigenvalue weighted by molar-refractivity contribution is -0.120. The molecule has 0 aliphatic rings. The summed E-state index contributed by atoms with van der Waals surface area (Å²) < 4.78 is 29.9. The molecular formula is C18H17NO4S. The molecule has 6 heteroatoms. The Hall–Kier alpha value is -2.60. The summed E-state index contributed by atoms with van der Waals surface area (Å²) >= 11 is 0. The number of hydrogen-bond acceptors (Lipinski definition) is 4. The maximum atomic E-state index is 12.4. The van der Waals surface area contributed by atoms with Crippen molar-refractivity contribution >= 4 is 26.5 Å². The van der Waals surface area contributed by atoms with Crippen LogP contribution in [0.25, 0.3) is 10.8 Å². The molecule has 5 nitrogen and oxygen atoms in total. The highest BCUT2D eigenvalue weighted by Crippen LogP contribution is 2.20. The van der Waals surface area contributed by atoms with Crippen LogP contribution in [0, 0.1) is 0 Å². The van der Waals surface area contributed by atoms with Gasteiger partial charge in [-0.05, 0) is 35.0 Å². The number of benzene rings is 2. The molecule has 0 fully saturated rings. The van der Waals surface area contributed by atoms with Crippen LogP contribution in [-0.2, 0) is 21.2 Å². The van der Waals surface area contributed by atoms with E-state index < -0.39 is 9.84 Å². The molecule has 0 aliphatic heterocycles. The first-order valence-electron chi connectivity index (χ1n) is 7.55. The molecule has 0 radical (unpaired) electrons. The Labute approximate surface area is 140 Å². The standard InChI is InChI=1S/C18H17NO4S/c20-18(19-13-16-6-3-10-23-16)9-11-24(21,22)17-8-7-14-4-1-2-5-15(14)12-17/h1-8,10,12H,9,11,13H2,(H,19,20). The highest BCUT2D eigenvalue weighted by molar-refractivity contribution is 7.91. The highest BCUT2D eigenvalue weighted by atomic mass is 32.2. The summed E-state index contributed by atoms with van der Waals surface area (Å²) in [5, 5.41) is 4.48. The Morgan fingerprint density at radius 3 is 2.54 bits per heavy atom. The van der Waals surface area contributed by atoms with E-state index in [1.807, 2.05) is 24.3 Å². The third kappa shape index (κ3) is 3.83. The molecule has 0 atom stereocenters. The topological polar surface area (TPSA) is 76.4 Å². The lowest BCUT2D eigenvalue weighted by Crippen LogP contribution is -2.25. The van der Waals surface area contributed by atoms with Gasteiger partial charge in [-0.15, -0.1) is 0 Å². The number of nitrogens with one attached hydrogen (secondary N) is 1. The molecule has 0 unspecified atom stereocenters. The van der Waals surface area contributed by atoms with Crippen LogP contribution in [0.1, 0.15) is 12.2 Å². The first-order valence-corrected chi connectivity index (χ1v) is 9.20. The lowest BCUT2D eigenvalue weighted by atomic mass is 10.1. The second kappa shape index (κ2) is 6.88. The minimum atomic E-state index is -3.50. The fourth-order valence-corrected chi connectivity index (χ4v) is 3.66. The van der Waals surface area contributed by atoms with Crippen molar-refractivity contribution in [1.82, 2.24) is 5.32 Å². The fourth-order valence-electron chi connectivity index (χ4n) is 2.39. The number of fused-ring (bicyclic) bond motifs is 1. The number of sulfone groups is 1. The smallest absolute Gasteiger partial charge is 0.221 e. The molecule has 3 rings (SSSR count). The van der Waals surface area contributed by atoms with Crippen LogP contribution in [0.4, 0.5) is 0 Å². The molecule has 0 bridgehead atoms. The summed E-state index contributed by atoms with van der Waals surface area (Å²) in [5.41, 5.74) is 0. The van der Waals surface area contributed by atoms with E-state index in [1.54, 1.807) is 30.3 Å². The van der Waals surface area contributed by atoms with E-state index in [2.05, 4.69) is 5.32 Å². The number of carbonyl (C=O) groups is 1. The van der Waals surface area contributed by atoms with Gasteiger partial charge in [0.15, 0.2) is 9.84 Å². The minimum absolute atomic E-state index is 0.0874. The van der Waals surface area contributed by atoms with Gasteiger partial charge >= 0.3 is 0 Å². The molecule has 24 heavy (non-hydrogen) atoms. The SMILES string of the molecule is O=C(CCS(=O)(=O)c1ccc2ccccc2c1)NCc1ccco1. The molecule has 3 aromatic rings. The third-order valence-corrected chi connectivity index (χ3v) is 5.43. The summed E-state index contributed by atoms with van der Waals surface area (Å²) in [6.07, 6.45) is 1.43. The Morgan fingerprint density at radius 2 is 1.79 bits per heavy atom. The molecular weight excluding hydrogens is 326 g/mol.